The zero-order valence-corrected chi connectivity index (χ0v) is 49.9. The molecule has 8 heteroatoms. The summed E-state index contributed by atoms with van der Waals surface area (Å²) >= 11 is 6.05. The number of pyridine rings is 1. The van der Waals surface area contributed by atoms with Gasteiger partial charge in [0.25, 0.3) is 0 Å². The smallest absolute Gasteiger partial charge is 0.326 e. The van der Waals surface area contributed by atoms with Gasteiger partial charge in [-0.1, -0.05) is 213 Å². The Bertz CT molecular complexity index is 2830. The highest BCUT2D eigenvalue weighted by Gasteiger charge is 2.20. The standard InChI is InChI=1S/C12H15N.C11H14N2O.2C11H16O.C11H16.C10H14ClN/c1-12(2,3)9-10-5-7-11(13-4)8-6-10;1-11(2,3)13-9-7-5-4-6-8(9)12-10(13)14;1-11(2,3)9-5-7-10(12-4)8-6-9;1-11(2,3)9-7-5-6-8-10(9)12-4;1-11(2,3)9-10-7-5-4-6-8-10;1-7-5-8(11)9(12-6-7)10(2,3)4/h5-8H,9H2,1-3H3;4-7H,1-3H3,(H,12,14);2*5-8H,1-4H3;4-8H,9H2,1-3H3;5-6H,1-4H3. The van der Waals surface area contributed by atoms with Crippen LogP contribution < -0.4 is 15.2 Å². The van der Waals surface area contributed by atoms with Crippen molar-refractivity contribution in [3.8, 4) is 11.5 Å². The summed E-state index contributed by atoms with van der Waals surface area (Å²) in [5.74, 6) is 1.90. The Morgan fingerprint density at radius 3 is 1.53 bits per heavy atom. The van der Waals surface area contributed by atoms with E-state index in [0.717, 1.165) is 57.3 Å². The minimum atomic E-state index is -0.184. The maximum atomic E-state index is 11.7. The summed E-state index contributed by atoms with van der Waals surface area (Å²) in [6.07, 6.45) is 4.07. The van der Waals surface area contributed by atoms with Crippen molar-refractivity contribution in [1.82, 2.24) is 14.5 Å². The number of halogens is 1. The fraction of sp³-hybridized carbons (Fsp3) is 0.439. The summed E-state index contributed by atoms with van der Waals surface area (Å²) in [7, 11) is 3.40. The molecule has 0 spiro atoms. The average Bonchev–Trinajstić information content (AvgIpc) is 3.65. The highest BCUT2D eigenvalue weighted by molar-refractivity contribution is 6.31. The van der Waals surface area contributed by atoms with E-state index in [1.165, 1.54) is 22.3 Å². The van der Waals surface area contributed by atoms with E-state index in [1.54, 1.807) is 18.8 Å². The van der Waals surface area contributed by atoms with Gasteiger partial charge in [-0.2, -0.15) is 0 Å². The molecule has 74 heavy (non-hydrogen) atoms. The Hall–Kier alpha value is -6.10. The number of hydrogen-bond donors (Lipinski definition) is 1. The van der Waals surface area contributed by atoms with Crippen molar-refractivity contribution >= 4 is 28.3 Å². The lowest BCUT2D eigenvalue weighted by Gasteiger charge is -2.21. The van der Waals surface area contributed by atoms with Crippen molar-refractivity contribution in [2.75, 3.05) is 14.2 Å². The highest BCUT2D eigenvalue weighted by Crippen LogP contribution is 2.31. The number of para-hydroxylation sites is 3. The number of aromatic amines is 1. The van der Waals surface area contributed by atoms with Gasteiger partial charge in [0.15, 0.2) is 5.69 Å². The Morgan fingerprint density at radius 1 is 0.595 bits per heavy atom. The maximum absolute atomic E-state index is 11.7. The van der Waals surface area contributed by atoms with Crippen molar-refractivity contribution in [2.24, 2.45) is 10.8 Å². The molecule has 0 bridgehead atoms. The van der Waals surface area contributed by atoms with E-state index in [2.05, 4.69) is 167 Å². The van der Waals surface area contributed by atoms with Crippen molar-refractivity contribution in [3.05, 3.63) is 200 Å². The van der Waals surface area contributed by atoms with Crippen molar-refractivity contribution < 1.29 is 9.47 Å². The normalized spacial score (nSPS) is 11.5. The molecule has 2 aromatic heterocycles. The second kappa shape index (κ2) is 28.0. The third-order valence-electron chi connectivity index (χ3n) is 11.2. The Labute approximate surface area is 453 Å². The van der Waals surface area contributed by atoms with E-state index in [-0.39, 0.29) is 27.5 Å². The van der Waals surface area contributed by atoms with Crippen LogP contribution >= 0.6 is 11.6 Å². The molecule has 1 N–H and O–H groups in total. The number of aromatic nitrogens is 3. The fourth-order valence-electron chi connectivity index (χ4n) is 7.67. The fourth-order valence-corrected chi connectivity index (χ4v) is 8.17. The quantitative estimate of drug-likeness (QED) is 0.178. The first-order valence-corrected chi connectivity index (χ1v) is 26.1. The zero-order valence-electron chi connectivity index (χ0n) is 49.1. The SMILES string of the molecule is CC(C)(C)Cc1ccccc1.CC(C)(C)n1c(=O)[nH]c2ccccc21.COc1ccc(C(C)(C)C)cc1.COc1ccccc1C(C)(C)C.Cc1cnc(C(C)(C)C)c(Cl)c1.[C-]#[N+]c1ccc(CC(C)(C)C)cc1. The van der Waals surface area contributed by atoms with E-state index in [9.17, 15) is 4.79 Å². The number of nitrogens with zero attached hydrogens (tertiary/aromatic N) is 3. The first-order valence-electron chi connectivity index (χ1n) is 25.7. The number of imidazole rings is 1. The van der Waals surface area contributed by atoms with E-state index < -0.39 is 0 Å². The second-order valence-electron chi connectivity index (χ2n) is 25.2. The largest absolute Gasteiger partial charge is 0.497 e. The van der Waals surface area contributed by atoms with Gasteiger partial charge in [0.05, 0.1) is 42.5 Å². The zero-order chi connectivity index (χ0) is 56.3. The van der Waals surface area contributed by atoms with E-state index >= 15 is 0 Å². The number of ether oxygens (including phenoxy) is 2. The Morgan fingerprint density at radius 2 is 1.09 bits per heavy atom. The molecule has 0 aliphatic heterocycles. The van der Waals surface area contributed by atoms with Crippen LogP contribution in [0, 0.1) is 24.3 Å². The van der Waals surface area contributed by atoms with Crippen molar-refractivity contribution in [1.29, 1.82) is 0 Å². The van der Waals surface area contributed by atoms with Crippen molar-refractivity contribution in [2.45, 2.75) is 166 Å². The van der Waals surface area contributed by atoms with Gasteiger partial charge in [0.2, 0.25) is 0 Å². The molecular weight excluding hydrogens is 932 g/mol. The summed E-state index contributed by atoms with van der Waals surface area (Å²) in [6.45, 7) is 47.8. The Kier molecular flexibility index (Phi) is 24.2. The van der Waals surface area contributed by atoms with Crippen LogP contribution in [0.2, 0.25) is 5.02 Å². The van der Waals surface area contributed by atoms with Crippen molar-refractivity contribution in [3.63, 3.8) is 0 Å². The summed E-state index contributed by atoms with van der Waals surface area (Å²) in [4.78, 5) is 22.2. The van der Waals surface area contributed by atoms with Gasteiger partial charge in [-0.25, -0.2) is 9.64 Å². The molecule has 400 valence electrons. The summed E-state index contributed by atoms with van der Waals surface area (Å²) in [5, 5.41) is 0.766. The minimum absolute atomic E-state index is 0.0325. The van der Waals surface area contributed by atoms with Gasteiger partial charge in [-0.05, 0) is 126 Å². The number of H-pyrrole nitrogens is 1. The number of fused-ring (bicyclic) bond motifs is 1. The first kappa shape index (κ1) is 64.0. The van der Waals surface area contributed by atoms with Gasteiger partial charge in [-0.15, -0.1) is 0 Å². The third-order valence-corrected chi connectivity index (χ3v) is 11.5. The molecule has 0 saturated heterocycles. The molecule has 5 aromatic carbocycles. The molecule has 7 rings (SSSR count). The van der Waals surface area contributed by atoms with Crippen LogP contribution in [0.15, 0.2) is 144 Å². The molecule has 0 aliphatic carbocycles. The molecule has 0 saturated carbocycles. The average molecular weight is 1020 g/mol. The van der Waals surface area contributed by atoms with Gasteiger partial charge in [0, 0.05) is 17.2 Å². The molecule has 0 fully saturated rings. The second-order valence-corrected chi connectivity index (χ2v) is 25.6. The predicted molar refractivity (Wildman–Crippen MR) is 319 cm³/mol. The van der Waals surface area contributed by atoms with Crippen LogP contribution in [0.3, 0.4) is 0 Å². The number of benzene rings is 5. The monoisotopic (exact) mass is 1020 g/mol. The molecule has 7 nitrogen and oxygen atoms in total. The number of methoxy groups -OCH3 is 2. The number of rotatable bonds is 4. The topological polar surface area (TPSA) is 73.5 Å². The van der Waals surface area contributed by atoms with Gasteiger partial charge in [0.1, 0.15) is 11.5 Å². The molecule has 0 unspecified atom stereocenters. The molecule has 0 amide bonds. The molecule has 0 aliphatic rings. The predicted octanol–water partition coefficient (Wildman–Crippen LogP) is 18.5. The lowest BCUT2D eigenvalue weighted by Crippen LogP contribution is -2.31. The minimum Gasteiger partial charge on any atom is -0.497 e. The van der Waals surface area contributed by atoms with Crippen LogP contribution in [0.5, 0.6) is 11.5 Å². The lowest BCUT2D eigenvalue weighted by molar-refractivity contribution is 0.397. The van der Waals surface area contributed by atoms with E-state index in [1.807, 2.05) is 119 Å². The number of aryl methyl sites for hydroxylation is 1. The van der Waals surface area contributed by atoms with Gasteiger partial charge >= 0.3 is 5.69 Å². The highest BCUT2D eigenvalue weighted by atomic mass is 35.5. The Balaban J connectivity index is 0.000000305. The summed E-state index contributed by atoms with van der Waals surface area (Å²) in [5.41, 5.74) is 10.9. The van der Waals surface area contributed by atoms with E-state index in [0.29, 0.717) is 10.8 Å². The van der Waals surface area contributed by atoms with Crippen LogP contribution in [0.4, 0.5) is 5.69 Å². The lowest BCUT2D eigenvalue weighted by atomic mass is 9.86. The molecule has 0 radical (unpaired) electrons. The van der Waals surface area contributed by atoms with Crippen LogP contribution in [-0.4, -0.2) is 28.8 Å². The van der Waals surface area contributed by atoms with Gasteiger partial charge < -0.3 is 14.5 Å². The van der Waals surface area contributed by atoms with Crippen LogP contribution in [-0.2, 0) is 34.6 Å². The summed E-state index contributed by atoms with van der Waals surface area (Å²) < 4.78 is 12.1. The molecule has 7 aromatic rings. The van der Waals surface area contributed by atoms with Crippen LogP contribution in [0.25, 0.3) is 15.9 Å². The summed E-state index contributed by atoms with van der Waals surface area (Å²) in [6, 6.07) is 44.5. The first-order chi connectivity index (χ1) is 34.1. The number of nitrogens with one attached hydrogen (secondary N) is 1. The maximum Gasteiger partial charge on any atom is 0.326 e. The number of hydrogen-bond acceptors (Lipinski definition) is 4. The van der Waals surface area contributed by atoms with E-state index in [4.69, 9.17) is 27.6 Å². The van der Waals surface area contributed by atoms with Crippen LogP contribution in [0.1, 0.15) is 158 Å². The molecular formula is C66H91ClN4O3. The molecule has 2 heterocycles. The molecule has 0 atom stereocenters. The van der Waals surface area contributed by atoms with Gasteiger partial charge in [-0.3, -0.25) is 9.55 Å². The third kappa shape index (κ3) is 23.4.